The van der Waals surface area contributed by atoms with E-state index in [0.717, 1.165) is 19.6 Å². The Morgan fingerprint density at radius 2 is 1.61 bits per heavy atom. The fraction of sp³-hybridized carbons (Fsp3) is 0.308. The van der Waals surface area contributed by atoms with E-state index in [9.17, 15) is 18.0 Å². The highest BCUT2D eigenvalue weighted by Crippen LogP contribution is 2.39. The first-order valence-corrected chi connectivity index (χ1v) is 13.4. The van der Waals surface area contributed by atoms with Crippen molar-refractivity contribution >= 4 is 33.1 Å². The van der Waals surface area contributed by atoms with Crippen molar-refractivity contribution in [2.24, 2.45) is 5.73 Å². The topological polar surface area (TPSA) is 131 Å². The van der Waals surface area contributed by atoms with Gasteiger partial charge in [-0.15, -0.1) is 0 Å². The molecule has 0 saturated carbocycles. The molecule has 0 atom stereocenters. The van der Waals surface area contributed by atoms with Crippen molar-refractivity contribution in [1.82, 2.24) is 14.9 Å². The zero-order valence-corrected chi connectivity index (χ0v) is 21.2. The average Bonchev–Trinajstić information content (AvgIpc) is 3.24. The zero-order valence-electron chi connectivity index (χ0n) is 20.3. The summed E-state index contributed by atoms with van der Waals surface area (Å²) in [6.45, 7) is 7.79. The smallest absolute Gasteiger partial charge is 0.258 e. The second kappa shape index (κ2) is 10.8. The van der Waals surface area contributed by atoms with Crippen molar-refractivity contribution in [2.45, 2.75) is 18.7 Å². The molecule has 0 spiro atoms. The lowest BCUT2D eigenvalue weighted by atomic mass is 9.84. The molecule has 2 aromatic carbocycles. The van der Waals surface area contributed by atoms with Crippen LogP contribution in [-0.2, 0) is 19.6 Å². The van der Waals surface area contributed by atoms with Gasteiger partial charge in [-0.1, -0.05) is 50.2 Å². The summed E-state index contributed by atoms with van der Waals surface area (Å²) >= 11 is 0. The van der Waals surface area contributed by atoms with Crippen LogP contribution < -0.4 is 15.8 Å². The number of ether oxygens (including phenoxy) is 1. The summed E-state index contributed by atoms with van der Waals surface area (Å²) in [7, 11) is -3.75. The van der Waals surface area contributed by atoms with E-state index >= 15 is 0 Å². The van der Waals surface area contributed by atoms with E-state index in [0.29, 0.717) is 29.0 Å². The number of Topliss-reactive ketones (excluding diaryl/α,β-unsaturated/α-hetero) is 1. The number of ketones is 1. The van der Waals surface area contributed by atoms with Crippen LogP contribution in [0.15, 0.2) is 64.6 Å². The molecule has 4 rings (SSSR count). The maximum atomic E-state index is 13.2. The van der Waals surface area contributed by atoms with E-state index in [1.165, 1.54) is 12.1 Å². The fourth-order valence-electron chi connectivity index (χ4n) is 4.33. The van der Waals surface area contributed by atoms with Gasteiger partial charge in [0.05, 0.1) is 40.6 Å². The molecule has 0 saturated heterocycles. The third-order valence-electron chi connectivity index (χ3n) is 6.36. The van der Waals surface area contributed by atoms with Crippen LogP contribution in [0, 0.1) is 0 Å². The van der Waals surface area contributed by atoms with Gasteiger partial charge in [0.15, 0.2) is 5.78 Å². The van der Waals surface area contributed by atoms with Gasteiger partial charge in [0.2, 0.25) is 10.0 Å². The van der Waals surface area contributed by atoms with Crippen molar-refractivity contribution in [3.05, 3.63) is 76.4 Å². The van der Waals surface area contributed by atoms with Crippen LogP contribution in [0.25, 0.3) is 11.4 Å². The quantitative estimate of drug-likeness (QED) is 0.393. The molecule has 1 amide bonds. The fourth-order valence-corrected chi connectivity index (χ4v) is 5.34. The minimum absolute atomic E-state index is 0.0694. The summed E-state index contributed by atoms with van der Waals surface area (Å²) in [5.41, 5.74) is 8.61. The van der Waals surface area contributed by atoms with Crippen LogP contribution in [0.1, 0.15) is 35.3 Å². The molecule has 0 fully saturated rings. The number of carbonyl (C=O) groups excluding carboxylic acids is 2. The Labute approximate surface area is 211 Å². The van der Waals surface area contributed by atoms with E-state index in [-0.39, 0.29) is 40.7 Å². The molecular formula is C26H30N4O5S. The number of likely N-dealkylation sites (N-methyl/N-ethyl adjacent to an activating group) is 1. The minimum atomic E-state index is -3.75. The molecule has 0 bridgehead atoms. The first-order chi connectivity index (χ1) is 17.3. The standard InChI is InChI=1S/C26H30N4O5S/c1-3-30(4-2)14-16-35-15-13-28-36(33,34)18-11-9-17(10-12-18)24-22-21(26(32)29-24)23(27)19-7-5-6-8-20(19)25(22)31/h5-12,28H,3-4,13-16,27H2,1-2H3,(H,29,32). The number of sulfonamides is 1. The second-order valence-electron chi connectivity index (χ2n) is 8.43. The zero-order chi connectivity index (χ0) is 25.9. The molecule has 0 radical (unpaired) electrons. The molecule has 0 unspecified atom stereocenters. The molecule has 2 aliphatic rings. The summed E-state index contributed by atoms with van der Waals surface area (Å²) in [6, 6.07) is 12.9. The monoisotopic (exact) mass is 510 g/mol. The van der Waals surface area contributed by atoms with E-state index < -0.39 is 15.9 Å². The number of amides is 1. The van der Waals surface area contributed by atoms with E-state index in [1.54, 1.807) is 36.4 Å². The van der Waals surface area contributed by atoms with Gasteiger partial charge in [0, 0.05) is 24.2 Å². The van der Waals surface area contributed by atoms with Gasteiger partial charge in [0.25, 0.3) is 5.91 Å². The minimum Gasteiger partial charge on any atom is -0.398 e. The molecule has 2 aromatic rings. The Morgan fingerprint density at radius 1 is 0.944 bits per heavy atom. The van der Waals surface area contributed by atoms with Gasteiger partial charge in [-0.05, 0) is 30.8 Å². The molecule has 10 heteroatoms. The normalized spacial score (nSPS) is 15.4. The third-order valence-corrected chi connectivity index (χ3v) is 7.84. The molecule has 1 aliphatic heterocycles. The van der Waals surface area contributed by atoms with Crippen LogP contribution in [0.4, 0.5) is 0 Å². The molecule has 36 heavy (non-hydrogen) atoms. The van der Waals surface area contributed by atoms with Gasteiger partial charge in [-0.3, -0.25) is 9.59 Å². The lowest BCUT2D eigenvalue weighted by Gasteiger charge is -2.18. The van der Waals surface area contributed by atoms with E-state index in [1.807, 2.05) is 0 Å². The number of fused-ring (bicyclic) bond motifs is 2. The van der Waals surface area contributed by atoms with E-state index in [4.69, 9.17) is 10.5 Å². The van der Waals surface area contributed by atoms with Gasteiger partial charge >= 0.3 is 0 Å². The first-order valence-electron chi connectivity index (χ1n) is 11.9. The molecular weight excluding hydrogens is 480 g/mol. The Kier molecular flexibility index (Phi) is 7.70. The highest BCUT2D eigenvalue weighted by molar-refractivity contribution is 7.89. The third kappa shape index (κ3) is 4.98. The maximum Gasteiger partial charge on any atom is 0.258 e. The maximum absolute atomic E-state index is 13.2. The van der Waals surface area contributed by atoms with Crippen molar-refractivity contribution in [2.75, 3.05) is 39.4 Å². The number of benzene rings is 2. The summed E-state index contributed by atoms with van der Waals surface area (Å²) in [5.74, 6) is -0.762. The Hall–Kier alpha value is -3.31. The Bertz CT molecular complexity index is 1340. The summed E-state index contributed by atoms with van der Waals surface area (Å²) in [4.78, 5) is 28.2. The molecule has 9 nitrogen and oxygen atoms in total. The molecule has 0 aromatic heterocycles. The lowest BCUT2D eigenvalue weighted by molar-refractivity contribution is -0.115. The Morgan fingerprint density at radius 3 is 2.28 bits per heavy atom. The van der Waals surface area contributed by atoms with Gasteiger partial charge < -0.3 is 20.7 Å². The molecule has 4 N–H and O–H groups in total. The van der Waals surface area contributed by atoms with Gasteiger partial charge in [0.1, 0.15) is 0 Å². The van der Waals surface area contributed by atoms with Gasteiger partial charge in [-0.25, -0.2) is 13.1 Å². The Balaban J connectivity index is 1.47. The summed E-state index contributed by atoms with van der Waals surface area (Å²) in [6.07, 6.45) is 0. The van der Waals surface area contributed by atoms with E-state index in [2.05, 4.69) is 28.8 Å². The van der Waals surface area contributed by atoms with Crippen molar-refractivity contribution in [3.8, 4) is 0 Å². The summed E-state index contributed by atoms with van der Waals surface area (Å²) in [5, 5.41) is 2.73. The van der Waals surface area contributed by atoms with Crippen LogP contribution in [-0.4, -0.2) is 64.4 Å². The largest absolute Gasteiger partial charge is 0.398 e. The first kappa shape index (κ1) is 25.8. The summed E-state index contributed by atoms with van der Waals surface area (Å²) < 4.78 is 33.4. The number of hydrogen-bond donors (Lipinski definition) is 3. The number of rotatable bonds is 11. The number of nitrogens with zero attached hydrogens (tertiary/aromatic N) is 1. The van der Waals surface area contributed by atoms with Crippen LogP contribution in [0.3, 0.4) is 0 Å². The second-order valence-corrected chi connectivity index (χ2v) is 10.2. The van der Waals surface area contributed by atoms with Crippen molar-refractivity contribution in [3.63, 3.8) is 0 Å². The molecule has 1 aliphatic carbocycles. The number of hydrogen-bond acceptors (Lipinski definition) is 7. The predicted octanol–water partition coefficient (Wildman–Crippen LogP) is 1.73. The number of nitrogens with one attached hydrogen (secondary N) is 2. The number of nitrogens with two attached hydrogens (primary N) is 1. The SMILES string of the molecule is CCN(CC)CCOCCNS(=O)(=O)c1ccc(C2=C3C(=O)c4ccccc4C(N)=C3C(=O)N2)cc1. The van der Waals surface area contributed by atoms with Crippen molar-refractivity contribution in [1.29, 1.82) is 0 Å². The van der Waals surface area contributed by atoms with Gasteiger partial charge in [-0.2, -0.15) is 0 Å². The predicted molar refractivity (Wildman–Crippen MR) is 137 cm³/mol. The molecule has 1 heterocycles. The number of carbonyl (C=O) groups is 2. The van der Waals surface area contributed by atoms with Crippen LogP contribution in [0.2, 0.25) is 0 Å². The van der Waals surface area contributed by atoms with Crippen LogP contribution in [0.5, 0.6) is 0 Å². The highest BCUT2D eigenvalue weighted by Gasteiger charge is 2.39. The van der Waals surface area contributed by atoms with Crippen LogP contribution >= 0.6 is 0 Å². The highest BCUT2D eigenvalue weighted by atomic mass is 32.2. The molecule has 190 valence electrons. The average molecular weight is 511 g/mol. The lowest BCUT2D eigenvalue weighted by Crippen LogP contribution is -2.30. The van der Waals surface area contributed by atoms with Crippen molar-refractivity contribution < 1.29 is 22.7 Å².